The van der Waals surface area contributed by atoms with E-state index in [4.69, 9.17) is 4.74 Å². The molecule has 0 radical (unpaired) electrons. The van der Waals surface area contributed by atoms with Gasteiger partial charge in [-0.2, -0.15) is 0 Å². The topological polar surface area (TPSA) is 104 Å². The highest BCUT2D eigenvalue weighted by Gasteiger charge is 2.41. The van der Waals surface area contributed by atoms with Gasteiger partial charge in [-0.05, 0) is 75.3 Å². The lowest BCUT2D eigenvalue weighted by atomic mass is 9.75. The van der Waals surface area contributed by atoms with Crippen LogP contribution < -0.4 is 10.6 Å². The zero-order chi connectivity index (χ0) is 30.0. The molecule has 0 bridgehead atoms. The van der Waals surface area contributed by atoms with Crippen LogP contribution in [0, 0.1) is 25.2 Å². The Hall–Kier alpha value is -3.91. The molecule has 3 atom stereocenters. The highest BCUT2D eigenvalue weighted by Crippen LogP contribution is 2.36. The van der Waals surface area contributed by atoms with E-state index in [1.54, 1.807) is 0 Å². The summed E-state index contributed by atoms with van der Waals surface area (Å²) in [4.78, 5) is 46.7. The van der Waals surface area contributed by atoms with Crippen LogP contribution in [-0.4, -0.2) is 66.0 Å². The number of nitrogens with zero attached hydrogens (tertiary/aromatic N) is 1. The molecule has 3 aromatic rings. The largest absolute Gasteiger partial charge is 0.381 e. The zero-order valence-corrected chi connectivity index (χ0v) is 25.2. The van der Waals surface area contributed by atoms with E-state index in [-0.39, 0.29) is 29.7 Å². The van der Waals surface area contributed by atoms with Crippen molar-refractivity contribution in [2.75, 3.05) is 26.3 Å². The molecule has 3 N–H and O–H groups in total. The van der Waals surface area contributed by atoms with Gasteiger partial charge in [0.25, 0.3) is 5.91 Å². The summed E-state index contributed by atoms with van der Waals surface area (Å²) in [6.45, 7) is 6.31. The first-order chi connectivity index (χ1) is 20.8. The molecule has 2 aromatic carbocycles. The maximum Gasteiger partial charge on any atom is 0.253 e. The van der Waals surface area contributed by atoms with Gasteiger partial charge >= 0.3 is 0 Å². The fraction of sp³-hybridized carbons (Fsp3) is 0.457. The number of hydrogen-bond donors (Lipinski definition) is 3. The lowest BCUT2D eigenvalue weighted by Gasteiger charge is -2.40. The number of fused-ring (bicyclic) bond motifs is 2. The summed E-state index contributed by atoms with van der Waals surface area (Å²) in [6.07, 6.45) is 7.94. The second-order valence-electron chi connectivity index (χ2n) is 12.6. The van der Waals surface area contributed by atoms with Crippen molar-refractivity contribution in [2.24, 2.45) is 11.3 Å². The van der Waals surface area contributed by atoms with Crippen LogP contribution in [-0.2, 0) is 20.7 Å². The van der Waals surface area contributed by atoms with Crippen LogP contribution in [0.25, 0.3) is 10.9 Å². The third kappa shape index (κ3) is 6.11. The minimum absolute atomic E-state index is 0.0235. The van der Waals surface area contributed by atoms with Crippen LogP contribution in [0.1, 0.15) is 59.3 Å². The summed E-state index contributed by atoms with van der Waals surface area (Å²) in [6, 6.07) is 14.9. The van der Waals surface area contributed by atoms with E-state index < -0.39 is 11.5 Å². The highest BCUT2D eigenvalue weighted by atomic mass is 16.5. The van der Waals surface area contributed by atoms with Crippen LogP contribution in [0.5, 0.6) is 0 Å². The van der Waals surface area contributed by atoms with Crippen LogP contribution in [0.2, 0.25) is 0 Å². The van der Waals surface area contributed by atoms with E-state index in [1.807, 2.05) is 60.4 Å². The van der Waals surface area contributed by atoms with Crippen molar-refractivity contribution in [3.8, 4) is 0 Å². The number of H-pyrrole nitrogens is 1. The van der Waals surface area contributed by atoms with E-state index in [9.17, 15) is 14.4 Å². The van der Waals surface area contributed by atoms with Gasteiger partial charge in [0.05, 0.1) is 5.41 Å². The number of benzene rings is 2. The van der Waals surface area contributed by atoms with E-state index in [0.29, 0.717) is 64.0 Å². The molecule has 1 spiro atoms. The molecule has 3 amide bonds. The number of nitrogens with one attached hydrogen (secondary N) is 3. The Labute approximate surface area is 253 Å². The molecule has 8 heteroatoms. The molecule has 1 aromatic heterocycles. The van der Waals surface area contributed by atoms with Gasteiger partial charge in [-0.15, -0.1) is 0 Å². The Morgan fingerprint density at radius 3 is 2.60 bits per heavy atom. The molecule has 43 heavy (non-hydrogen) atoms. The third-order valence-corrected chi connectivity index (χ3v) is 9.85. The maximum absolute atomic E-state index is 13.8. The Morgan fingerprint density at radius 2 is 1.81 bits per heavy atom. The van der Waals surface area contributed by atoms with Gasteiger partial charge in [0.2, 0.25) is 11.8 Å². The Balaban J connectivity index is 1.25. The van der Waals surface area contributed by atoms with Gasteiger partial charge in [-0.25, -0.2) is 0 Å². The summed E-state index contributed by atoms with van der Waals surface area (Å²) < 4.78 is 5.61. The van der Waals surface area contributed by atoms with Crippen LogP contribution in [0.4, 0.5) is 0 Å². The van der Waals surface area contributed by atoms with Gasteiger partial charge in [-0.3, -0.25) is 14.4 Å². The molecule has 226 valence electrons. The summed E-state index contributed by atoms with van der Waals surface area (Å²) in [5.41, 5.74) is 4.41. The lowest BCUT2D eigenvalue weighted by molar-refractivity contribution is -0.140. The second-order valence-corrected chi connectivity index (χ2v) is 12.6. The summed E-state index contributed by atoms with van der Waals surface area (Å²) >= 11 is 0. The van der Waals surface area contributed by atoms with Gasteiger partial charge < -0.3 is 25.3 Å². The number of rotatable bonds is 3. The summed E-state index contributed by atoms with van der Waals surface area (Å²) in [5.74, 6) is -0.146. The lowest BCUT2D eigenvalue weighted by Crippen LogP contribution is -2.58. The number of carbonyl (C=O) groups is 3. The van der Waals surface area contributed by atoms with Crippen molar-refractivity contribution in [1.29, 1.82) is 0 Å². The summed E-state index contributed by atoms with van der Waals surface area (Å²) in [5, 5.41) is 7.53. The second kappa shape index (κ2) is 12.4. The van der Waals surface area contributed by atoms with Gasteiger partial charge in [-0.1, -0.05) is 42.5 Å². The number of ether oxygens (including phenoxy) is 1. The molecule has 0 unspecified atom stereocenters. The molecule has 8 nitrogen and oxygen atoms in total. The van der Waals surface area contributed by atoms with Crippen molar-refractivity contribution < 1.29 is 19.1 Å². The Kier molecular flexibility index (Phi) is 8.39. The molecule has 3 aliphatic rings. The molecule has 2 saturated heterocycles. The van der Waals surface area contributed by atoms with Crippen molar-refractivity contribution in [1.82, 2.24) is 20.5 Å². The van der Waals surface area contributed by atoms with E-state index in [2.05, 4.69) is 34.7 Å². The number of allylic oxidation sites excluding steroid dienone is 2. The fourth-order valence-electron chi connectivity index (χ4n) is 6.94. The molecule has 0 saturated carbocycles. The van der Waals surface area contributed by atoms with Gasteiger partial charge in [0.15, 0.2) is 0 Å². The van der Waals surface area contributed by atoms with Crippen molar-refractivity contribution >= 4 is 28.6 Å². The number of carbonyl (C=O) groups excluding carboxylic acids is 3. The zero-order valence-electron chi connectivity index (χ0n) is 25.2. The van der Waals surface area contributed by atoms with E-state index in [0.717, 1.165) is 34.1 Å². The first-order valence-electron chi connectivity index (χ1n) is 15.6. The number of hydrogen-bond acceptors (Lipinski definition) is 4. The normalized spacial score (nSPS) is 25.3. The Morgan fingerprint density at radius 1 is 1.02 bits per heavy atom. The van der Waals surface area contributed by atoms with Crippen LogP contribution in [0.3, 0.4) is 0 Å². The number of amides is 3. The standard InChI is InChI=1S/C35H42N4O4/c1-23-24(2)36-30-12-11-26(21-28(23)30)33(41)39-17-13-29-27(22-39)10-6-7-14-35(15-18-43-19-16-35)34(42)38-31(32(40)37-29)20-25-8-4-3-5-9-25/h3-9,11-12,21,27,29,31,36H,10,13-20,22H2,1-2H3,(H,37,40)(H,38,42)/b7-6+/t27-,29+,31-/m1/s1. The van der Waals surface area contributed by atoms with Crippen LogP contribution >= 0.6 is 0 Å². The quantitative estimate of drug-likeness (QED) is 0.393. The predicted molar refractivity (Wildman–Crippen MR) is 167 cm³/mol. The molecule has 0 aliphatic carbocycles. The summed E-state index contributed by atoms with van der Waals surface area (Å²) in [7, 11) is 0. The minimum atomic E-state index is -0.682. The minimum Gasteiger partial charge on any atom is -0.381 e. The predicted octanol–water partition coefficient (Wildman–Crippen LogP) is 4.61. The molecule has 6 rings (SSSR count). The van der Waals surface area contributed by atoms with Gasteiger partial charge in [0.1, 0.15) is 6.04 Å². The average molecular weight is 583 g/mol. The fourth-order valence-corrected chi connectivity index (χ4v) is 6.94. The van der Waals surface area contributed by atoms with Crippen molar-refractivity contribution in [2.45, 2.75) is 64.5 Å². The first kappa shape index (κ1) is 29.2. The van der Waals surface area contributed by atoms with Gasteiger partial charge in [0, 0.05) is 66.8 Å². The highest BCUT2D eigenvalue weighted by molar-refractivity contribution is 5.99. The molecular weight excluding hydrogens is 540 g/mol. The molecule has 4 heterocycles. The maximum atomic E-state index is 13.8. The SMILES string of the molecule is Cc1[nH]c2ccc(C(=O)N3CC[C@@H]4NC(=O)[C@@H](Cc5ccccc5)NC(=O)C5(C/C=C/C[C@@H]4C3)CCOCC5)cc2c1C. The average Bonchev–Trinajstić information content (AvgIpc) is 3.31. The van der Waals surface area contributed by atoms with Crippen molar-refractivity contribution in [3.63, 3.8) is 0 Å². The monoisotopic (exact) mass is 582 g/mol. The van der Waals surface area contributed by atoms with Crippen LogP contribution in [0.15, 0.2) is 60.7 Å². The molecule has 3 aliphatic heterocycles. The first-order valence-corrected chi connectivity index (χ1v) is 15.6. The Bertz CT molecular complexity index is 1520. The molecular formula is C35H42N4O4. The van der Waals surface area contributed by atoms with Crippen molar-refractivity contribution in [3.05, 3.63) is 83.1 Å². The third-order valence-electron chi connectivity index (χ3n) is 9.85. The number of aromatic nitrogens is 1. The van der Waals surface area contributed by atoms with E-state index >= 15 is 0 Å². The van der Waals surface area contributed by atoms with E-state index in [1.165, 1.54) is 0 Å². The number of likely N-dealkylation sites (tertiary alicyclic amines) is 1. The number of piperidine rings is 1. The number of aryl methyl sites for hydroxylation is 2. The number of aromatic amines is 1. The molecule has 2 fully saturated rings. The smallest absolute Gasteiger partial charge is 0.253 e.